The van der Waals surface area contributed by atoms with Crippen molar-refractivity contribution in [2.45, 2.75) is 19.5 Å². The topological polar surface area (TPSA) is 49.8 Å². The fourth-order valence-electron chi connectivity index (χ4n) is 1.56. The summed E-state index contributed by atoms with van der Waals surface area (Å²) in [7, 11) is 3.71. The summed E-state index contributed by atoms with van der Waals surface area (Å²) in [5.74, 6) is -0.891. The van der Waals surface area contributed by atoms with E-state index in [9.17, 15) is 4.79 Å². The zero-order chi connectivity index (χ0) is 12.8. The van der Waals surface area contributed by atoms with E-state index >= 15 is 0 Å². The molecule has 1 N–H and O–H groups in total. The van der Waals surface area contributed by atoms with Gasteiger partial charge in [-0.2, -0.15) is 0 Å². The minimum absolute atomic E-state index is 0.321. The lowest BCUT2D eigenvalue weighted by Crippen LogP contribution is -2.32. The Balaban J connectivity index is 2.59. The van der Waals surface area contributed by atoms with Gasteiger partial charge in [0.15, 0.2) is 0 Å². The van der Waals surface area contributed by atoms with Crippen LogP contribution in [-0.4, -0.2) is 42.8 Å². The Morgan fingerprint density at radius 3 is 2.47 bits per heavy atom. The zero-order valence-corrected chi connectivity index (χ0v) is 10.5. The third-order valence-electron chi connectivity index (χ3n) is 2.79. The SMILES string of the molecule is COCC(C)N(C)Cc1ccc(C(=O)O)cc1. The van der Waals surface area contributed by atoms with Crippen LogP contribution in [-0.2, 0) is 11.3 Å². The maximum atomic E-state index is 10.7. The summed E-state index contributed by atoms with van der Waals surface area (Å²) >= 11 is 0. The van der Waals surface area contributed by atoms with Crippen LogP contribution in [0.2, 0.25) is 0 Å². The summed E-state index contributed by atoms with van der Waals surface area (Å²) in [6.45, 7) is 3.56. The molecule has 94 valence electrons. The van der Waals surface area contributed by atoms with Gasteiger partial charge in [0.05, 0.1) is 12.2 Å². The van der Waals surface area contributed by atoms with E-state index in [1.165, 1.54) is 0 Å². The number of ether oxygens (including phenoxy) is 1. The molecule has 0 saturated carbocycles. The molecule has 0 saturated heterocycles. The van der Waals surface area contributed by atoms with E-state index in [-0.39, 0.29) is 0 Å². The molecular weight excluding hydrogens is 218 g/mol. The van der Waals surface area contributed by atoms with E-state index < -0.39 is 5.97 Å². The average Bonchev–Trinajstić information content (AvgIpc) is 2.30. The Morgan fingerprint density at radius 1 is 1.41 bits per heavy atom. The zero-order valence-electron chi connectivity index (χ0n) is 10.5. The molecule has 0 spiro atoms. The number of methoxy groups -OCH3 is 1. The van der Waals surface area contributed by atoms with Gasteiger partial charge >= 0.3 is 5.97 Å². The smallest absolute Gasteiger partial charge is 0.335 e. The predicted octanol–water partition coefficient (Wildman–Crippen LogP) is 1.85. The molecule has 1 unspecified atom stereocenters. The summed E-state index contributed by atoms with van der Waals surface area (Å²) in [6.07, 6.45) is 0. The van der Waals surface area contributed by atoms with Crippen molar-refractivity contribution >= 4 is 5.97 Å². The maximum absolute atomic E-state index is 10.7. The van der Waals surface area contributed by atoms with Crippen molar-refractivity contribution in [3.63, 3.8) is 0 Å². The van der Waals surface area contributed by atoms with Gasteiger partial charge in [0, 0.05) is 19.7 Å². The highest BCUT2D eigenvalue weighted by Gasteiger charge is 2.09. The molecule has 0 bridgehead atoms. The van der Waals surface area contributed by atoms with Crippen LogP contribution in [0.25, 0.3) is 0 Å². The average molecular weight is 237 g/mol. The second-order valence-corrected chi connectivity index (χ2v) is 4.22. The number of hydrogen-bond donors (Lipinski definition) is 1. The Morgan fingerprint density at radius 2 is 2.00 bits per heavy atom. The van der Waals surface area contributed by atoms with Crippen molar-refractivity contribution in [1.29, 1.82) is 0 Å². The van der Waals surface area contributed by atoms with Crippen molar-refractivity contribution in [2.24, 2.45) is 0 Å². The summed E-state index contributed by atoms with van der Waals surface area (Å²) in [6, 6.07) is 7.29. The van der Waals surface area contributed by atoms with Gasteiger partial charge < -0.3 is 9.84 Å². The molecular formula is C13H19NO3. The lowest BCUT2D eigenvalue weighted by atomic mass is 10.1. The molecule has 0 aliphatic carbocycles. The first-order valence-electron chi connectivity index (χ1n) is 5.56. The Hall–Kier alpha value is -1.39. The van der Waals surface area contributed by atoms with E-state index in [1.807, 2.05) is 19.2 Å². The number of nitrogens with zero attached hydrogens (tertiary/aromatic N) is 1. The summed E-state index contributed by atoms with van der Waals surface area (Å²) in [4.78, 5) is 12.9. The second-order valence-electron chi connectivity index (χ2n) is 4.22. The van der Waals surface area contributed by atoms with Crippen LogP contribution in [0, 0.1) is 0 Å². The Kier molecular flexibility index (Phi) is 5.12. The first-order chi connectivity index (χ1) is 8.04. The number of carboxylic acid groups (broad SMARTS) is 1. The second kappa shape index (κ2) is 6.37. The lowest BCUT2D eigenvalue weighted by Gasteiger charge is -2.24. The van der Waals surface area contributed by atoms with Crippen molar-refractivity contribution in [1.82, 2.24) is 4.90 Å². The highest BCUT2D eigenvalue weighted by atomic mass is 16.5. The van der Waals surface area contributed by atoms with Gasteiger partial charge in [-0.1, -0.05) is 12.1 Å². The third-order valence-corrected chi connectivity index (χ3v) is 2.79. The van der Waals surface area contributed by atoms with Crippen LogP contribution >= 0.6 is 0 Å². The molecule has 0 heterocycles. The predicted molar refractivity (Wildman–Crippen MR) is 66.2 cm³/mol. The lowest BCUT2D eigenvalue weighted by molar-refractivity contribution is 0.0697. The van der Waals surface area contributed by atoms with Gasteiger partial charge in [0.1, 0.15) is 0 Å². The maximum Gasteiger partial charge on any atom is 0.335 e. The highest BCUT2D eigenvalue weighted by molar-refractivity contribution is 5.87. The van der Waals surface area contributed by atoms with Crippen LogP contribution in [0.5, 0.6) is 0 Å². The van der Waals surface area contributed by atoms with Gasteiger partial charge in [-0.25, -0.2) is 4.79 Å². The fraction of sp³-hybridized carbons (Fsp3) is 0.462. The Bertz CT molecular complexity index is 361. The summed E-state index contributed by atoms with van der Waals surface area (Å²) in [5.41, 5.74) is 1.42. The first kappa shape index (κ1) is 13.7. The van der Waals surface area contributed by atoms with Gasteiger partial charge in [0.25, 0.3) is 0 Å². The molecule has 4 heteroatoms. The van der Waals surface area contributed by atoms with Crippen molar-refractivity contribution < 1.29 is 14.6 Å². The minimum atomic E-state index is -0.891. The fourth-order valence-corrected chi connectivity index (χ4v) is 1.56. The molecule has 0 radical (unpaired) electrons. The van der Waals surface area contributed by atoms with Gasteiger partial charge in [-0.3, -0.25) is 4.90 Å². The number of carboxylic acids is 1. The molecule has 1 rings (SSSR count). The number of carbonyl (C=O) groups is 1. The van der Waals surface area contributed by atoms with E-state index in [4.69, 9.17) is 9.84 Å². The van der Waals surface area contributed by atoms with Crippen LogP contribution in [0.4, 0.5) is 0 Å². The van der Waals surface area contributed by atoms with Gasteiger partial charge in [-0.05, 0) is 31.7 Å². The van der Waals surface area contributed by atoms with E-state index in [2.05, 4.69) is 11.8 Å². The molecule has 0 aliphatic rings. The molecule has 4 nitrogen and oxygen atoms in total. The van der Waals surface area contributed by atoms with Crippen molar-refractivity contribution in [3.05, 3.63) is 35.4 Å². The van der Waals surface area contributed by atoms with Crippen LogP contribution in [0.1, 0.15) is 22.8 Å². The monoisotopic (exact) mass is 237 g/mol. The van der Waals surface area contributed by atoms with E-state index in [1.54, 1.807) is 19.2 Å². The Labute approximate surface area is 102 Å². The third kappa shape index (κ3) is 4.17. The summed E-state index contributed by atoms with van der Waals surface area (Å²) in [5, 5.41) is 8.79. The molecule has 0 aromatic heterocycles. The molecule has 1 aromatic rings. The molecule has 17 heavy (non-hydrogen) atoms. The van der Waals surface area contributed by atoms with Gasteiger partial charge in [-0.15, -0.1) is 0 Å². The molecule has 0 amide bonds. The van der Waals surface area contributed by atoms with Crippen LogP contribution < -0.4 is 0 Å². The minimum Gasteiger partial charge on any atom is -0.478 e. The van der Waals surface area contributed by atoms with Crippen molar-refractivity contribution in [2.75, 3.05) is 20.8 Å². The number of aromatic carboxylic acids is 1. The van der Waals surface area contributed by atoms with E-state index in [0.29, 0.717) is 18.2 Å². The van der Waals surface area contributed by atoms with Gasteiger partial charge in [0.2, 0.25) is 0 Å². The first-order valence-corrected chi connectivity index (χ1v) is 5.56. The number of benzene rings is 1. The van der Waals surface area contributed by atoms with Crippen LogP contribution in [0.3, 0.4) is 0 Å². The molecule has 1 atom stereocenters. The van der Waals surface area contributed by atoms with Crippen molar-refractivity contribution in [3.8, 4) is 0 Å². The van der Waals surface area contributed by atoms with E-state index in [0.717, 1.165) is 12.1 Å². The number of likely N-dealkylation sites (N-methyl/N-ethyl adjacent to an activating group) is 1. The molecule has 1 aromatic carbocycles. The largest absolute Gasteiger partial charge is 0.478 e. The summed E-state index contributed by atoms with van der Waals surface area (Å²) < 4.78 is 5.09. The number of rotatable bonds is 6. The van der Waals surface area contributed by atoms with Crippen LogP contribution in [0.15, 0.2) is 24.3 Å². The normalized spacial score (nSPS) is 12.7. The highest BCUT2D eigenvalue weighted by Crippen LogP contribution is 2.08. The molecule has 0 fully saturated rings. The molecule has 0 aliphatic heterocycles. The standard InChI is InChI=1S/C13H19NO3/c1-10(9-17-3)14(2)8-11-4-6-12(7-5-11)13(15)16/h4-7,10H,8-9H2,1-3H3,(H,15,16). The quantitative estimate of drug-likeness (QED) is 0.820. The number of hydrogen-bond acceptors (Lipinski definition) is 3.